The minimum atomic E-state index is -0.113. The second-order valence-electron chi connectivity index (χ2n) is 5.34. The van der Waals surface area contributed by atoms with Crippen molar-refractivity contribution in [3.05, 3.63) is 28.3 Å². The summed E-state index contributed by atoms with van der Waals surface area (Å²) in [6, 6.07) is 0. The lowest BCUT2D eigenvalue weighted by Gasteiger charge is -2.26. The minimum absolute atomic E-state index is 0.0303. The van der Waals surface area contributed by atoms with Gasteiger partial charge in [0.1, 0.15) is 5.01 Å². The molecule has 0 unspecified atom stereocenters. The van der Waals surface area contributed by atoms with Crippen molar-refractivity contribution in [1.82, 2.24) is 10.2 Å². The normalized spacial score (nSPS) is 18.0. The molecule has 0 saturated heterocycles. The lowest BCUT2D eigenvalue weighted by Crippen LogP contribution is -2.20. The van der Waals surface area contributed by atoms with Gasteiger partial charge in [0.05, 0.1) is 0 Å². The monoisotopic (exact) mass is 263 g/mol. The van der Waals surface area contributed by atoms with Crippen LogP contribution in [0.15, 0.2) is 23.3 Å². The van der Waals surface area contributed by atoms with Crippen LogP contribution in [0, 0.1) is 12.3 Å². The van der Waals surface area contributed by atoms with E-state index >= 15 is 0 Å². The summed E-state index contributed by atoms with van der Waals surface area (Å²) < 4.78 is 0. The molecule has 5 heteroatoms. The number of rotatable bonds is 2. The third-order valence-corrected chi connectivity index (χ3v) is 3.45. The first kappa shape index (κ1) is 13.0. The van der Waals surface area contributed by atoms with E-state index in [2.05, 4.69) is 36.3 Å². The quantitative estimate of drug-likeness (QED) is 0.892. The molecule has 0 spiro atoms. The Labute approximate surface area is 111 Å². The molecule has 1 heterocycles. The molecule has 0 atom stereocenters. The molecule has 0 aromatic carbocycles. The highest BCUT2D eigenvalue weighted by Gasteiger charge is 2.23. The molecule has 1 amide bonds. The van der Waals surface area contributed by atoms with Gasteiger partial charge in [-0.25, -0.2) is 0 Å². The highest BCUT2D eigenvalue weighted by molar-refractivity contribution is 7.15. The Morgan fingerprint density at radius 2 is 2.11 bits per heavy atom. The van der Waals surface area contributed by atoms with Crippen LogP contribution in [0.2, 0.25) is 0 Å². The molecule has 1 aliphatic rings. The van der Waals surface area contributed by atoms with Crippen molar-refractivity contribution < 1.29 is 4.79 Å². The summed E-state index contributed by atoms with van der Waals surface area (Å²) in [5.74, 6) is -0.113. The van der Waals surface area contributed by atoms with E-state index in [0.29, 0.717) is 10.7 Å². The first-order valence-electron chi connectivity index (χ1n) is 5.87. The van der Waals surface area contributed by atoms with Crippen LogP contribution >= 0.6 is 11.3 Å². The van der Waals surface area contributed by atoms with Crippen LogP contribution in [0.4, 0.5) is 5.13 Å². The Morgan fingerprint density at radius 1 is 1.39 bits per heavy atom. The summed E-state index contributed by atoms with van der Waals surface area (Å²) in [7, 11) is 0. The Bertz CT molecular complexity index is 540. The number of hydrogen-bond donors (Lipinski definition) is 1. The van der Waals surface area contributed by atoms with Crippen LogP contribution in [-0.2, 0) is 4.79 Å². The fourth-order valence-electron chi connectivity index (χ4n) is 2.20. The van der Waals surface area contributed by atoms with Gasteiger partial charge in [0.15, 0.2) is 0 Å². The van der Waals surface area contributed by atoms with Gasteiger partial charge in [-0.3, -0.25) is 10.1 Å². The van der Waals surface area contributed by atoms with E-state index in [1.807, 2.05) is 19.1 Å². The summed E-state index contributed by atoms with van der Waals surface area (Å²) in [4.78, 5) is 12.1. The molecule has 0 radical (unpaired) electrons. The van der Waals surface area contributed by atoms with Gasteiger partial charge in [0.2, 0.25) is 5.13 Å². The lowest BCUT2D eigenvalue weighted by atomic mass is 9.80. The van der Waals surface area contributed by atoms with E-state index < -0.39 is 0 Å². The van der Waals surface area contributed by atoms with Crippen molar-refractivity contribution in [2.75, 3.05) is 5.32 Å². The van der Waals surface area contributed by atoms with Gasteiger partial charge in [-0.05, 0) is 25.7 Å². The molecule has 0 bridgehead atoms. The summed E-state index contributed by atoms with van der Waals surface area (Å²) >= 11 is 1.38. The molecular weight excluding hydrogens is 246 g/mol. The smallest absolute Gasteiger partial charge is 0.257 e. The Hall–Kier alpha value is -1.49. The van der Waals surface area contributed by atoms with Gasteiger partial charge in [0.25, 0.3) is 5.91 Å². The lowest BCUT2D eigenvalue weighted by molar-refractivity contribution is -0.112. The zero-order chi connectivity index (χ0) is 13.3. The molecule has 1 aromatic rings. The van der Waals surface area contributed by atoms with Gasteiger partial charge < -0.3 is 0 Å². The second-order valence-corrected chi connectivity index (χ2v) is 6.52. The topological polar surface area (TPSA) is 54.9 Å². The number of allylic oxidation sites excluding steroid dienone is 2. The van der Waals surface area contributed by atoms with E-state index in [1.54, 1.807) is 0 Å². The Kier molecular flexibility index (Phi) is 3.34. The van der Waals surface area contributed by atoms with Gasteiger partial charge in [-0.2, -0.15) is 0 Å². The third-order valence-electron chi connectivity index (χ3n) is 2.69. The number of aromatic nitrogens is 2. The third kappa shape index (κ3) is 3.04. The number of carbonyl (C=O) groups is 1. The first-order valence-corrected chi connectivity index (χ1v) is 6.69. The van der Waals surface area contributed by atoms with Crippen molar-refractivity contribution in [2.24, 2.45) is 5.41 Å². The average molecular weight is 263 g/mol. The highest BCUT2D eigenvalue weighted by atomic mass is 32.1. The standard InChI is InChI=1S/C13H17N3OS/c1-8-5-10(7-13(3,4)6-8)11(17)14-12-16-15-9(2)18-12/h5,7H,6H2,1-4H3,(H,14,16,17). The predicted molar refractivity (Wildman–Crippen MR) is 73.5 cm³/mol. The van der Waals surface area contributed by atoms with Gasteiger partial charge in [-0.15, -0.1) is 10.2 Å². The predicted octanol–water partition coefficient (Wildman–Crippen LogP) is 3.09. The minimum Gasteiger partial charge on any atom is -0.296 e. The van der Waals surface area contributed by atoms with E-state index in [9.17, 15) is 4.79 Å². The van der Waals surface area contributed by atoms with E-state index in [-0.39, 0.29) is 11.3 Å². The number of nitrogens with one attached hydrogen (secondary N) is 1. The van der Waals surface area contributed by atoms with Crippen molar-refractivity contribution in [3.8, 4) is 0 Å². The second kappa shape index (κ2) is 4.65. The van der Waals surface area contributed by atoms with Crippen LogP contribution in [0.1, 0.15) is 32.2 Å². The molecule has 18 heavy (non-hydrogen) atoms. The molecule has 1 aromatic heterocycles. The highest BCUT2D eigenvalue weighted by Crippen LogP contribution is 2.33. The molecule has 1 aliphatic carbocycles. The Morgan fingerprint density at radius 3 is 2.67 bits per heavy atom. The number of aryl methyl sites for hydroxylation is 1. The van der Waals surface area contributed by atoms with Crippen LogP contribution in [0.5, 0.6) is 0 Å². The molecule has 96 valence electrons. The van der Waals surface area contributed by atoms with E-state index in [1.165, 1.54) is 16.9 Å². The summed E-state index contributed by atoms with van der Waals surface area (Å²) in [5, 5.41) is 11.9. The zero-order valence-electron chi connectivity index (χ0n) is 11.1. The number of carbonyl (C=O) groups excluding carboxylic acids is 1. The van der Waals surface area contributed by atoms with Crippen molar-refractivity contribution in [2.45, 2.75) is 34.1 Å². The van der Waals surface area contributed by atoms with E-state index in [0.717, 1.165) is 11.4 Å². The zero-order valence-corrected chi connectivity index (χ0v) is 11.9. The molecular formula is C13H17N3OS. The maximum absolute atomic E-state index is 12.1. The van der Waals surface area contributed by atoms with E-state index in [4.69, 9.17) is 0 Å². The fourth-order valence-corrected chi connectivity index (χ4v) is 2.78. The largest absolute Gasteiger partial charge is 0.296 e. The number of anilines is 1. The van der Waals surface area contributed by atoms with Crippen molar-refractivity contribution in [1.29, 1.82) is 0 Å². The maximum atomic E-state index is 12.1. The number of hydrogen-bond acceptors (Lipinski definition) is 4. The Balaban J connectivity index is 2.16. The number of nitrogens with zero attached hydrogens (tertiary/aromatic N) is 2. The molecule has 0 fully saturated rings. The van der Waals surface area contributed by atoms with Crippen molar-refractivity contribution >= 4 is 22.4 Å². The molecule has 2 rings (SSSR count). The molecule has 1 N–H and O–H groups in total. The summed E-state index contributed by atoms with van der Waals surface area (Å²) in [6.07, 6.45) is 4.94. The van der Waals surface area contributed by atoms with Crippen LogP contribution in [0.3, 0.4) is 0 Å². The van der Waals surface area contributed by atoms with Gasteiger partial charge in [-0.1, -0.05) is 42.9 Å². The maximum Gasteiger partial charge on any atom is 0.257 e. The van der Waals surface area contributed by atoms with Gasteiger partial charge in [0, 0.05) is 5.57 Å². The van der Waals surface area contributed by atoms with Gasteiger partial charge >= 0.3 is 0 Å². The molecule has 4 nitrogen and oxygen atoms in total. The van der Waals surface area contributed by atoms with Crippen LogP contribution in [-0.4, -0.2) is 16.1 Å². The van der Waals surface area contributed by atoms with Crippen LogP contribution in [0.25, 0.3) is 0 Å². The van der Waals surface area contributed by atoms with Crippen molar-refractivity contribution in [3.63, 3.8) is 0 Å². The summed E-state index contributed by atoms with van der Waals surface area (Å²) in [6.45, 7) is 8.18. The average Bonchev–Trinajstić information content (AvgIpc) is 2.60. The first-order chi connectivity index (χ1) is 8.35. The number of amides is 1. The molecule has 0 saturated carbocycles. The fraction of sp³-hybridized carbons (Fsp3) is 0.462. The SMILES string of the molecule is CC1=CC(C(=O)Nc2nnc(C)s2)=CC(C)(C)C1. The molecule has 0 aliphatic heterocycles. The van der Waals surface area contributed by atoms with Crippen LogP contribution < -0.4 is 5.32 Å². The summed E-state index contributed by atoms with van der Waals surface area (Å²) in [5.41, 5.74) is 1.96.